The lowest BCUT2D eigenvalue weighted by atomic mass is 10.1. The molecule has 0 N–H and O–H groups in total. The van der Waals surface area contributed by atoms with Gasteiger partial charge in [0.15, 0.2) is 5.06 Å². The number of ether oxygens (including phenoxy) is 2. The Labute approximate surface area is 204 Å². The Bertz CT molecular complexity index is 953. The van der Waals surface area contributed by atoms with Crippen LogP contribution in [0.25, 0.3) is 19.5 Å². The number of esters is 1. The number of rotatable bonds is 14. The molecule has 174 valence electrons. The van der Waals surface area contributed by atoms with Crippen molar-refractivity contribution in [2.45, 2.75) is 65.7 Å². The Hall–Kier alpha value is -1.63. The van der Waals surface area contributed by atoms with Gasteiger partial charge in [0, 0.05) is 19.5 Å². The molecule has 0 spiro atoms. The fraction of sp³-hybridized carbons (Fsp3) is 0.500. The summed E-state index contributed by atoms with van der Waals surface area (Å²) >= 11 is 4.96. The normalized spacial score (nSPS) is 12.1. The maximum absolute atomic E-state index is 12.3. The average molecular weight is 491 g/mol. The third-order valence-corrected chi connectivity index (χ3v) is 8.96. The van der Waals surface area contributed by atoms with E-state index in [1.807, 2.05) is 12.1 Å². The number of unbranched alkanes of at least 4 members (excludes halogenated alkanes) is 5. The molecular formula is C26H34O3S3. The molecule has 0 radical (unpaired) electrons. The van der Waals surface area contributed by atoms with Gasteiger partial charge in [-0.05, 0) is 48.7 Å². The standard InChI is InChI=1S/C26H34O3S3/c1-4-6-7-8-9-10-17-28-25-16-15-23(32-25)22-12-11-20(30-22)21-13-14-24(31-21)26(27)29-18-19(3)5-2/h11-16,19H,4-10,17-18H2,1-3H3/t19-/m1/s1. The first-order valence-corrected chi connectivity index (χ1v) is 14.2. The zero-order valence-electron chi connectivity index (χ0n) is 19.4. The van der Waals surface area contributed by atoms with Crippen LogP contribution in [-0.2, 0) is 4.74 Å². The van der Waals surface area contributed by atoms with Gasteiger partial charge in [0.2, 0.25) is 0 Å². The van der Waals surface area contributed by atoms with Crippen LogP contribution in [0, 0.1) is 5.92 Å². The van der Waals surface area contributed by atoms with E-state index in [-0.39, 0.29) is 5.97 Å². The summed E-state index contributed by atoms with van der Waals surface area (Å²) in [5.41, 5.74) is 0. The highest BCUT2D eigenvalue weighted by molar-refractivity contribution is 7.27. The number of thiophene rings is 3. The second kappa shape index (κ2) is 13.2. The number of carbonyl (C=O) groups excluding carboxylic acids is 1. The van der Waals surface area contributed by atoms with Crippen molar-refractivity contribution >= 4 is 40.0 Å². The van der Waals surface area contributed by atoms with Crippen LogP contribution in [0.2, 0.25) is 0 Å². The van der Waals surface area contributed by atoms with Gasteiger partial charge >= 0.3 is 5.97 Å². The third kappa shape index (κ3) is 7.46. The fourth-order valence-corrected chi connectivity index (χ4v) is 6.14. The van der Waals surface area contributed by atoms with Crippen molar-refractivity contribution in [3.63, 3.8) is 0 Å². The summed E-state index contributed by atoms with van der Waals surface area (Å²) in [5, 5.41) is 0.992. The van der Waals surface area contributed by atoms with Crippen LogP contribution >= 0.6 is 34.0 Å². The summed E-state index contributed by atoms with van der Waals surface area (Å²) in [6.07, 6.45) is 8.66. The highest BCUT2D eigenvalue weighted by Crippen LogP contribution is 2.41. The zero-order chi connectivity index (χ0) is 22.8. The Morgan fingerprint density at radius 2 is 1.44 bits per heavy atom. The molecule has 0 unspecified atom stereocenters. The van der Waals surface area contributed by atoms with Crippen molar-refractivity contribution < 1.29 is 14.3 Å². The first kappa shape index (κ1) is 25.0. The fourth-order valence-electron chi connectivity index (χ4n) is 3.17. The summed E-state index contributed by atoms with van der Waals surface area (Å²) in [6, 6.07) is 12.4. The molecule has 6 heteroatoms. The van der Waals surface area contributed by atoms with Crippen molar-refractivity contribution in [2.75, 3.05) is 13.2 Å². The Morgan fingerprint density at radius 1 is 0.812 bits per heavy atom. The zero-order valence-corrected chi connectivity index (χ0v) is 21.8. The monoisotopic (exact) mass is 490 g/mol. The highest BCUT2D eigenvalue weighted by Gasteiger charge is 2.15. The van der Waals surface area contributed by atoms with Crippen LogP contribution in [-0.4, -0.2) is 19.2 Å². The van der Waals surface area contributed by atoms with Gasteiger partial charge in [-0.2, -0.15) is 0 Å². The quantitative estimate of drug-likeness (QED) is 0.167. The van der Waals surface area contributed by atoms with E-state index in [0.29, 0.717) is 17.4 Å². The van der Waals surface area contributed by atoms with Crippen LogP contribution in [0.1, 0.15) is 75.4 Å². The van der Waals surface area contributed by atoms with Crippen LogP contribution in [0.15, 0.2) is 36.4 Å². The molecule has 3 heterocycles. The van der Waals surface area contributed by atoms with Gasteiger partial charge in [-0.1, -0.05) is 70.6 Å². The molecule has 0 amide bonds. The molecule has 1 atom stereocenters. The van der Waals surface area contributed by atoms with Crippen molar-refractivity contribution in [2.24, 2.45) is 5.92 Å². The number of carbonyl (C=O) groups is 1. The second-order valence-electron chi connectivity index (χ2n) is 8.17. The lowest BCUT2D eigenvalue weighted by Gasteiger charge is -2.08. The maximum Gasteiger partial charge on any atom is 0.348 e. The topological polar surface area (TPSA) is 35.5 Å². The van der Waals surface area contributed by atoms with E-state index in [9.17, 15) is 4.79 Å². The van der Waals surface area contributed by atoms with Gasteiger partial charge in [0.05, 0.1) is 13.2 Å². The van der Waals surface area contributed by atoms with E-state index < -0.39 is 0 Å². The first-order valence-electron chi connectivity index (χ1n) is 11.7. The number of hydrogen-bond acceptors (Lipinski definition) is 6. The van der Waals surface area contributed by atoms with Gasteiger partial charge in [0.1, 0.15) is 4.88 Å². The predicted molar refractivity (Wildman–Crippen MR) is 140 cm³/mol. The molecule has 3 aromatic rings. The molecule has 0 aliphatic heterocycles. The molecular weight excluding hydrogens is 456 g/mol. The molecule has 0 aliphatic rings. The lowest BCUT2D eigenvalue weighted by molar-refractivity contribution is 0.0453. The molecule has 0 saturated heterocycles. The van der Waals surface area contributed by atoms with Crippen molar-refractivity contribution in [3.05, 3.63) is 41.3 Å². The largest absolute Gasteiger partial charge is 0.484 e. The predicted octanol–water partition coefficient (Wildman–Crippen LogP) is 9.15. The Kier molecular flexibility index (Phi) is 10.3. The second-order valence-corrected chi connectivity index (χ2v) is 11.4. The highest BCUT2D eigenvalue weighted by atomic mass is 32.1. The molecule has 0 fully saturated rings. The minimum atomic E-state index is -0.219. The van der Waals surface area contributed by atoms with E-state index in [0.717, 1.165) is 29.4 Å². The summed E-state index contributed by atoms with van der Waals surface area (Å²) < 4.78 is 11.4. The molecule has 32 heavy (non-hydrogen) atoms. The van der Waals surface area contributed by atoms with Crippen LogP contribution < -0.4 is 4.74 Å². The van der Waals surface area contributed by atoms with E-state index in [1.165, 1.54) is 58.1 Å². The molecule has 3 rings (SSSR count). The van der Waals surface area contributed by atoms with Gasteiger partial charge in [-0.3, -0.25) is 0 Å². The Morgan fingerprint density at radius 3 is 2.19 bits per heavy atom. The van der Waals surface area contributed by atoms with E-state index in [4.69, 9.17) is 9.47 Å². The van der Waals surface area contributed by atoms with Gasteiger partial charge < -0.3 is 9.47 Å². The molecule has 0 saturated carbocycles. The van der Waals surface area contributed by atoms with Crippen LogP contribution in [0.5, 0.6) is 5.06 Å². The minimum Gasteiger partial charge on any atom is -0.484 e. The smallest absolute Gasteiger partial charge is 0.348 e. The molecule has 3 aromatic heterocycles. The van der Waals surface area contributed by atoms with Crippen LogP contribution in [0.3, 0.4) is 0 Å². The molecule has 0 aliphatic carbocycles. The minimum absolute atomic E-state index is 0.219. The first-order chi connectivity index (χ1) is 15.6. The van der Waals surface area contributed by atoms with Gasteiger partial charge in [-0.25, -0.2) is 4.79 Å². The Balaban J connectivity index is 1.51. The van der Waals surface area contributed by atoms with E-state index in [2.05, 4.69) is 45.0 Å². The van der Waals surface area contributed by atoms with Gasteiger partial charge in [0.25, 0.3) is 0 Å². The van der Waals surface area contributed by atoms with Crippen LogP contribution in [0.4, 0.5) is 0 Å². The molecule has 0 bridgehead atoms. The number of hydrogen-bond donors (Lipinski definition) is 0. The van der Waals surface area contributed by atoms with Crippen molar-refractivity contribution in [3.8, 4) is 24.6 Å². The molecule has 0 aromatic carbocycles. The third-order valence-electron chi connectivity index (χ3n) is 5.42. The van der Waals surface area contributed by atoms with Gasteiger partial charge in [-0.15, -0.1) is 22.7 Å². The summed E-state index contributed by atoms with van der Waals surface area (Å²) in [4.78, 5) is 17.7. The van der Waals surface area contributed by atoms with Crippen molar-refractivity contribution in [1.29, 1.82) is 0 Å². The van der Waals surface area contributed by atoms with Crippen molar-refractivity contribution in [1.82, 2.24) is 0 Å². The summed E-state index contributed by atoms with van der Waals surface area (Å²) in [6.45, 7) is 7.72. The average Bonchev–Trinajstić information content (AvgIpc) is 3.56. The van der Waals surface area contributed by atoms with E-state index in [1.54, 1.807) is 22.7 Å². The maximum atomic E-state index is 12.3. The molecule has 3 nitrogen and oxygen atoms in total. The SMILES string of the molecule is CCCCCCCCOc1ccc(-c2ccc(-c3ccc(C(=O)OC[C@H](C)CC)s3)s2)s1. The summed E-state index contributed by atoms with van der Waals surface area (Å²) in [7, 11) is 0. The lowest BCUT2D eigenvalue weighted by Crippen LogP contribution is -2.10. The van der Waals surface area contributed by atoms with E-state index >= 15 is 0 Å². The summed E-state index contributed by atoms with van der Waals surface area (Å²) in [5.74, 6) is 0.174.